The molecule has 2 heterocycles. The van der Waals surface area contributed by atoms with E-state index >= 15 is 0 Å². The van der Waals surface area contributed by atoms with Crippen LogP contribution in [0.15, 0.2) is 90.3 Å². The molecule has 4 aromatic rings. The number of carbonyl (C=O) groups is 1. The number of hydrogen-bond acceptors (Lipinski definition) is 6. The maximum atomic E-state index is 11.3. The minimum absolute atomic E-state index is 0.0168. The molecule has 3 aromatic carbocycles. The smallest absolute Gasteiger partial charge is 0.217 e. The van der Waals surface area contributed by atoms with Gasteiger partial charge in [-0.05, 0) is 33.9 Å². The lowest BCUT2D eigenvalue weighted by molar-refractivity contribution is -0.245. The number of aliphatic hydroxyl groups is 1. The van der Waals surface area contributed by atoms with E-state index < -0.39 is 6.29 Å². The summed E-state index contributed by atoms with van der Waals surface area (Å²) in [5.41, 5.74) is 6.12. The Morgan fingerprint density at radius 1 is 1.03 bits per heavy atom. The average Bonchev–Trinajstić information content (AvgIpc) is 3.39. The Morgan fingerprint density at radius 3 is 2.49 bits per heavy atom. The van der Waals surface area contributed by atoms with Gasteiger partial charge in [0.1, 0.15) is 0 Å². The van der Waals surface area contributed by atoms with Crippen molar-refractivity contribution >= 4 is 17.7 Å². The maximum Gasteiger partial charge on any atom is 0.217 e. The molecular formula is C31H33N3O4S. The summed E-state index contributed by atoms with van der Waals surface area (Å²) in [6, 6.07) is 24.4. The van der Waals surface area contributed by atoms with Gasteiger partial charge in [-0.15, -0.1) is 0 Å². The molecular weight excluding hydrogens is 510 g/mol. The predicted octanol–water partition coefficient (Wildman–Crippen LogP) is 5.55. The van der Waals surface area contributed by atoms with Crippen LogP contribution >= 0.6 is 11.8 Å². The van der Waals surface area contributed by atoms with Crippen LogP contribution in [0.4, 0.5) is 0 Å². The fraction of sp³-hybridized carbons (Fsp3) is 0.290. The van der Waals surface area contributed by atoms with Gasteiger partial charge >= 0.3 is 0 Å². The number of imidazole rings is 1. The van der Waals surface area contributed by atoms with Crippen LogP contribution in [0.5, 0.6) is 0 Å². The Hall–Kier alpha value is -3.43. The van der Waals surface area contributed by atoms with E-state index in [1.807, 2.05) is 54.2 Å². The van der Waals surface area contributed by atoms with Crippen molar-refractivity contribution in [3.8, 4) is 11.1 Å². The maximum absolute atomic E-state index is 11.3. The van der Waals surface area contributed by atoms with Crippen molar-refractivity contribution in [3.63, 3.8) is 0 Å². The number of aliphatic hydroxyl groups excluding tert-OH is 1. The highest BCUT2D eigenvalue weighted by Gasteiger charge is 2.32. The summed E-state index contributed by atoms with van der Waals surface area (Å²) < 4.78 is 15.0. The summed E-state index contributed by atoms with van der Waals surface area (Å²) in [7, 11) is 1.99. The first kappa shape index (κ1) is 27.1. The summed E-state index contributed by atoms with van der Waals surface area (Å²) in [4.78, 5) is 15.7. The molecule has 8 heteroatoms. The summed E-state index contributed by atoms with van der Waals surface area (Å²) in [6.45, 7) is 2.04. The van der Waals surface area contributed by atoms with Crippen LogP contribution < -0.4 is 5.32 Å². The molecule has 1 aliphatic heterocycles. The number of aromatic nitrogens is 2. The SMILES string of the molecule is CC(=O)NCc1cccc(-c2ccc(C3OC(CSc4nccn4C)CC(c4ccc(CO)cc4)O3)cc2)c1. The molecule has 7 nitrogen and oxygen atoms in total. The molecule has 3 atom stereocenters. The molecule has 3 unspecified atom stereocenters. The highest BCUT2D eigenvalue weighted by atomic mass is 32.2. The Labute approximate surface area is 233 Å². The number of amides is 1. The standard InChI is InChI=1S/C31H33N3O4S/c1-21(36)33-18-23-4-3-5-27(16-23)24-10-12-26(13-11-24)30-37-28(20-39-31-32-14-15-34(31)2)17-29(38-30)25-8-6-22(19-35)7-9-25/h3-16,28-30,35H,17-20H2,1-2H3,(H,33,36). The van der Waals surface area contributed by atoms with Crippen molar-refractivity contribution in [2.24, 2.45) is 7.05 Å². The molecule has 5 rings (SSSR count). The predicted molar refractivity (Wildman–Crippen MR) is 152 cm³/mol. The second kappa shape index (κ2) is 12.6. The summed E-state index contributed by atoms with van der Waals surface area (Å²) in [6.07, 6.45) is 3.81. The van der Waals surface area contributed by atoms with Crippen LogP contribution in [-0.4, -0.2) is 32.4 Å². The topological polar surface area (TPSA) is 85.6 Å². The molecule has 0 aliphatic carbocycles. The molecule has 0 bridgehead atoms. The van der Waals surface area contributed by atoms with Crippen molar-refractivity contribution in [2.75, 3.05) is 5.75 Å². The van der Waals surface area contributed by atoms with E-state index in [1.165, 1.54) is 6.92 Å². The fourth-order valence-electron chi connectivity index (χ4n) is 4.60. The van der Waals surface area contributed by atoms with Crippen LogP contribution in [0.1, 0.15) is 48.0 Å². The van der Waals surface area contributed by atoms with Crippen molar-refractivity contribution in [1.29, 1.82) is 0 Å². The van der Waals surface area contributed by atoms with E-state index in [4.69, 9.17) is 9.47 Å². The first-order valence-electron chi connectivity index (χ1n) is 13.0. The Kier molecular flexibility index (Phi) is 8.78. The molecule has 39 heavy (non-hydrogen) atoms. The normalized spacial score (nSPS) is 19.1. The lowest BCUT2D eigenvalue weighted by Crippen LogP contribution is -2.31. The minimum atomic E-state index is -0.506. The zero-order chi connectivity index (χ0) is 27.2. The minimum Gasteiger partial charge on any atom is -0.392 e. The van der Waals surface area contributed by atoms with Crippen LogP contribution in [-0.2, 0) is 34.5 Å². The number of hydrogen-bond donors (Lipinski definition) is 2. The van der Waals surface area contributed by atoms with E-state index in [-0.39, 0.29) is 24.7 Å². The van der Waals surface area contributed by atoms with E-state index in [1.54, 1.807) is 18.0 Å². The van der Waals surface area contributed by atoms with Crippen LogP contribution in [0.3, 0.4) is 0 Å². The average molecular weight is 544 g/mol. The number of ether oxygens (including phenoxy) is 2. The lowest BCUT2D eigenvalue weighted by atomic mass is 9.99. The van der Waals surface area contributed by atoms with Gasteiger partial charge in [-0.3, -0.25) is 4.79 Å². The Morgan fingerprint density at radius 2 is 1.79 bits per heavy atom. The van der Waals surface area contributed by atoms with Gasteiger partial charge in [0.25, 0.3) is 0 Å². The third-order valence-corrected chi connectivity index (χ3v) is 7.96. The molecule has 0 spiro atoms. The highest BCUT2D eigenvalue weighted by molar-refractivity contribution is 7.99. The number of benzene rings is 3. The van der Waals surface area contributed by atoms with Crippen LogP contribution in [0.25, 0.3) is 11.1 Å². The van der Waals surface area contributed by atoms with Crippen molar-refractivity contribution in [1.82, 2.24) is 14.9 Å². The van der Waals surface area contributed by atoms with Crippen molar-refractivity contribution in [3.05, 3.63) is 107 Å². The van der Waals surface area contributed by atoms with Gasteiger partial charge in [0, 0.05) is 50.6 Å². The lowest BCUT2D eigenvalue weighted by Gasteiger charge is -2.36. The first-order valence-corrected chi connectivity index (χ1v) is 14.0. The number of aryl methyl sites for hydroxylation is 1. The van der Waals surface area contributed by atoms with Crippen molar-refractivity contribution < 1.29 is 19.4 Å². The quantitative estimate of drug-likeness (QED) is 0.269. The summed E-state index contributed by atoms with van der Waals surface area (Å²) in [5.74, 6) is 0.714. The highest BCUT2D eigenvalue weighted by Crippen LogP contribution is 2.39. The molecule has 202 valence electrons. The van der Waals surface area contributed by atoms with Gasteiger partial charge in [0.15, 0.2) is 11.4 Å². The molecule has 1 aliphatic rings. The molecule has 0 radical (unpaired) electrons. The second-order valence-corrected chi connectivity index (χ2v) is 10.7. The monoisotopic (exact) mass is 543 g/mol. The zero-order valence-corrected chi connectivity index (χ0v) is 22.9. The van der Waals surface area contributed by atoms with Gasteiger partial charge in [0.2, 0.25) is 5.91 Å². The summed E-state index contributed by atoms with van der Waals surface area (Å²) >= 11 is 1.68. The van der Waals surface area contributed by atoms with Gasteiger partial charge in [-0.1, -0.05) is 78.5 Å². The van der Waals surface area contributed by atoms with Crippen LogP contribution in [0, 0.1) is 0 Å². The zero-order valence-electron chi connectivity index (χ0n) is 22.1. The number of carbonyl (C=O) groups excluding carboxylic acids is 1. The van der Waals surface area contributed by atoms with Gasteiger partial charge in [-0.2, -0.15) is 0 Å². The Balaban J connectivity index is 1.34. The molecule has 1 saturated heterocycles. The first-order chi connectivity index (χ1) is 19.0. The third kappa shape index (κ3) is 6.96. The fourth-order valence-corrected chi connectivity index (χ4v) is 5.55. The molecule has 2 N–H and O–H groups in total. The van der Waals surface area contributed by atoms with Gasteiger partial charge in [-0.25, -0.2) is 4.98 Å². The van der Waals surface area contributed by atoms with Gasteiger partial charge < -0.3 is 24.5 Å². The molecule has 1 fully saturated rings. The molecule has 1 amide bonds. The number of rotatable bonds is 9. The molecule has 1 aromatic heterocycles. The number of nitrogens with one attached hydrogen (secondary N) is 1. The third-order valence-electron chi connectivity index (χ3n) is 6.77. The largest absolute Gasteiger partial charge is 0.392 e. The van der Waals surface area contributed by atoms with Crippen molar-refractivity contribution in [2.45, 2.75) is 50.2 Å². The van der Waals surface area contributed by atoms with Crippen LogP contribution in [0.2, 0.25) is 0 Å². The van der Waals surface area contributed by atoms with E-state index in [0.717, 1.165) is 50.7 Å². The number of thioether (sulfide) groups is 1. The summed E-state index contributed by atoms with van der Waals surface area (Å²) in [5, 5.41) is 13.3. The van der Waals surface area contributed by atoms with E-state index in [2.05, 4.69) is 46.7 Å². The van der Waals surface area contributed by atoms with Gasteiger partial charge in [0.05, 0.1) is 18.8 Å². The Bertz CT molecular complexity index is 1390. The number of nitrogens with zero attached hydrogens (tertiary/aromatic N) is 2. The van der Waals surface area contributed by atoms with E-state index in [9.17, 15) is 9.90 Å². The molecule has 0 saturated carbocycles. The van der Waals surface area contributed by atoms with E-state index in [0.29, 0.717) is 6.54 Å². The second-order valence-electron chi connectivity index (χ2n) is 9.71.